The molecule has 0 aliphatic carbocycles. The lowest BCUT2D eigenvalue weighted by molar-refractivity contribution is 1.05. The molecule has 19 heavy (non-hydrogen) atoms. The molecule has 5 nitrogen and oxygen atoms in total. The van der Waals surface area contributed by atoms with Crippen LogP contribution in [0, 0.1) is 6.92 Å². The summed E-state index contributed by atoms with van der Waals surface area (Å²) in [4.78, 5) is 8.33. The second-order valence-electron chi connectivity index (χ2n) is 3.68. The van der Waals surface area contributed by atoms with Gasteiger partial charge in [0.1, 0.15) is 17.5 Å². The minimum Gasteiger partial charge on any atom is -0.339 e. The number of anilines is 3. The fraction of sp³-hybridized carbons (Fsp3) is 0.0909. The minimum atomic E-state index is 0.412. The van der Waals surface area contributed by atoms with Crippen LogP contribution in [0.3, 0.4) is 0 Å². The summed E-state index contributed by atoms with van der Waals surface area (Å²) in [5, 5.41) is 3.92. The third-order valence-electron chi connectivity index (χ3n) is 2.28. The van der Waals surface area contributed by atoms with Gasteiger partial charge < -0.3 is 10.7 Å². The average molecular weight is 363 g/mol. The van der Waals surface area contributed by atoms with E-state index in [2.05, 4.69) is 36.6 Å². The van der Waals surface area contributed by atoms with Gasteiger partial charge in [-0.3, -0.25) is 0 Å². The lowest BCUT2D eigenvalue weighted by Gasteiger charge is -2.11. The number of halogens is 3. The molecule has 1 aromatic heterocycles. The number of hydrogen-bond donors (Lipinski definition) is 3. The Morgan fingerprint density at radius 3 is 2.53 bits per heavy atom. The first kappa shape index (κ1) is 14.3. The normalized spacial score (nSPS) is 10.4. The Morgan fingerprint density at radius 1 is 1.16 bits per heavy atom. The fourth-order valence-corrected chi connectivity index (χ4v) is 2.29. The van der Waals surface area contributed by atoms with Crippen LogP contribution in [0.25, 0.3) is 0 Å². The zero-order chi connectivity index (χ0) is 14.0. The van der Waals surface area contributed by atoms with Crippen LogP contribution in [0.5, 0.6) is 0 Å². The van der Waals surface area contributed by atoms with E-state index < -0.39 is 0 Å². The van der Waals surface area contributed by atoms with Crippen LogP contribution >= 0.6 is 39.1 Å². The van der Waals surface area contributed by atoms with E-state index in [4.69, 9.17) is 29.0 Å². The largest absolute Gasteiger partial charge is 0.339 e. The molecule has 2 rings (SSSR count). The van der Waals surface area contributed by atoms with Gasteiger partial charge in [0.25, 0.3) is 0 Å². The van der Waals surface area contributed by atoms with Crippen molar-refractivity contribution in [1.29, 1.82) is 0 Å². The average Bonchev–Trinajstić information content (AvgIpc) is 2.39. The highest BCUT2D eigenvalue weighted by atomic mass is 79.9. The Kier molecular flexibility index (Phi) is 4.46. The number of aromatic nitrogens is 2. The van der Waals surface area contributed by atoms with Crippen molar-refractivity contribution < 1.29 is 0 Å². The number of benzene rings is 1. The van der Waals surface area contributed by atoms with E-state index >= 15 is 0 Å². The van der Waals surface area contributed by atoms with E-state index in [1.54, 1.807) is 25.1 Å². The third kappa shape index (κ3) is 3.27. The maximum atomic E-state index is 6.15. The lowest BCUT2D eigenvalue weighted by Crippen LogP contribution is -2.10. The monoisotopic (exact) mass is 361 g/mol. The molecule has 0 saturated heterocycles. The van der Waals surface area contributed by atoms with E-state index in [1.165, 1.54) is 0 Å². The van der Waals surface area contributed by atoms with Crippen LogP contribution in [0.1, 0.15) is 5.82 Å². The highest BCUT2D eigenvalue weighted by molar-refractivity contribution is 9.10. The second-order valence-corrected chi connectivity index (χ2v) is 5.29. The van der Waals surface area contributed by atoms with Gasteiger partial charge >= 0.3 is 0 Å². The minimum absolute atomic E-state index is 0.412. The molecule has 0 bridgehead atoms. The molecule has 0 aliphatic rings. The molecule has 0 spiro atoms. The Balaban J connectivity index is 2.36. The summed E-state index contributed by atoms with van der Waals surface area (Å²) in [7, 11) is 0. The van der Waals surface area contributed by atoms with Gasteiger partial charge in [-0.25, -0.2) is 15.8 Å². The van der Waals surface area contributed by atoms with Crippen molar-refractivity contribution in [3.63, 3.8) is 0 Å². The SMILES string of the molecule is Cc1nc(NN)cc(Nc2ccc(Br)c(Cl)c2Cl)n1. The molecule has 0 aliphatic heterocycles. The molecule has 8 heteroatoms. The topological polar surface area (TPSA) is 75.9 Å². The Morgan fingerprint density at radius 2 is 1.84 bits per heavy atom. The first-order valence-electron chi connectivity index (χ1n) is 5.24. The second kappa shape index (κ2) is 5.92. The molecule has 0 radical (unpaired) electrons. The van der Waals surface area contributed by atoms with E-state index in [1.807, 2.05) is 0 Å². The van der Waals surface area contributed by atoms with E-state index in [9.17, 15) is 0 Å². The van der Waals surface area contributed by atoms with Gasteiger partial charge in [-0.1, -0.05) is 23.2 Å². The van der Waals surface area contributed by atoms with E-state index in [0.29, 0.717) is 33.2 Å². The molecule has 1 heterocycles. The molecule has 0 unspecified atom stereocenters. The van der Waals surface area contributed by atoms with Gasteiger partial charge in [0, 0.05) is 10.5 Å². The van der Waals surface area contributed by atoms with Gasteiger partial charge in [-0.05, 0) is 35.0 Å². The molecular formula is C11H10BrCl2N5. The van der Waals surface area contributed by atoms with Crippen molar-refractivity contribution in [1.82, 2.24) is 9.97 Å². The first-order valence-corrected chi connectivity index (χ1v) is 6.79. The smallest absolute Gasteiger partial charge is 0.145 e. The van der Waals surface area contributed by atoms with Crippen LogP contribution in [0.4, 0.5) is 17.3 Å². The molecule has 0 amide bonds. The predicted molar refractivity (Wildman–Crippen MR) is 82.0 cm³/mol. The van der Waals surface area contributed by atoms with Crippen LogP contribution in [0.15, 0.2) is 22.7 Å². The summed E-state index contributed by atoms with van der Waals surface area (Å²) < 4.78 is 0.730. The van der Waals surface area contributed by atoms with Gasteiger partial charge in [0.2, 0.25) is 0 Å². The highest BCUT2D eigenvalue weighted by Gasteiger charge is 2.10. The number of nitrogens with zero attached hydrogens (tertiary/aromatic N) is 2. The van der Waals surface area contributed by atoms with Gasteiger partial charge in [0.05, 0.1) is 15.7 Å². The van der Waals surface area contributed by atoms with Gasteiger partial charge in [-0.15, -0.1) is 0 Å². The Bertz CT molecular complexity index is 620. The maximum absolute atomic E-state index is 6.15. The number of hydrazine groups is 1. The van der Waals surface area contributed by atoms with Crippen LogP contribution in [-0.2, 0) is 0 Å². The summed E-state index contributed by atoms with van der Waals surface area (Å²) in [6, 6.07) is 5.26. The fourth-order valence-electron chi connectivity index (χ4n) is 1.47. The molecule has 0 atom stereocenters. The van der Waals surface area contributed by atoms with Crippen LogP contribution in [0.2, 0.25) is 10.0 Å². The number of aryl methyl sites for hydroxylation is 1. The summed E-state index contributed by atoms with van der Waals surface area (Å²) in [5.74, 6) is 6.99. The van der Waals surface area contributed by atoms with Crippen molar-refractivity contribution in [2.45, 2.75) is 6.92 Å². The van der Waals surface area contributed by atoms with Crippen molar-refractivity contribution in [3.8, 4) is 0 Å². The summed E-state index contributed by atoms with van der Waals surface area (Å²) in [6.07, 6.45) is 0. The summed E-state index contributed by atoms with van der Waals surface area (Å²) in [5.41, 5.74) is 3.12. The summed E-state index contributed by atoms with van der Waals surface area (Å²) >= 11 is 15.5. The molecule has 0 saturated carbocycles. The number of nitrogens with one attached hydrogen (secondary N) is 2. The standard InChI is InChI=1S/C11H10BrCl2N5/c1-5-16-8(4-9(17-5)19-15)18-7-3-2-6(12)10(13)11(7)14/h2-4H,15H2,1H3,(H2,16,17,18,19). The summed E-state index contributed by atoms with van der Waals surface area (Å²) in [6.45, 7) is 1.77. The number of hydrogen-bond acceptors (Lipinski definition) is 5. The molecule has 4 N–H and O–H groups in total. The van der Waals surface area contributed by atoms with Crippen molar-refractivity contribution >= 4 is 56.5 Å². The number of rotatable bonds is 3. The Hall–Kier alpha value is -1.08. The zero-order valence-electron chi connectivity index (χ0n) is 9.84. The zero-order valence-corrected chi connectivity index (χ0v) is 12.9. The third-order valence-corrected chi connectivity index (χ3v) is 4.05. The predicted octanol–water partition coefficient (Wildman–Crippen LogP) is 3.88. The Labute approximate surface area is 128 Å². The maximum Gasteiger partial charge on any atom is 0.145 e. The number of nitrogen functional groups attached to an aromatic ring is 1. The van der Waals surface area contributed by atoms with Crippen LogP contribution < -0.4 is 16.6 Å². The highest BCUT2D eigenvalue weighted by Crippen LogP contribution is 2.36. The molecular weight excluding hydrogens is 353 g/mol. The van der Waals surface area contributed by atoms with Gasteiger partial charge in [0.15, 0.2) is 0 Å². The van der Waals surface area contributed by atoms with Crippen LogP contribution in [-0.4, -0.2) is 9.97 Å². The first-order chi connectivity index (χ1) is 9.01. The number of nitrogens with two attached hydrogens (primary N) is 1. The van der Waals surface area contributed by atoms with E-state index in [0.717, 1.165) is 4.47 Å². The molecule has 2 aromatic rings. The molecule has 100 valence electrons. The van der Waals surface area contributed by atoms with Gasteiger partial charge in [-0.2, -0.15) is 0 Å². The van der Waals surface area contributed by atoms with Crippen molar-refractivity contribution in [3.05, 3.63) is 38.5 Å². The quantitative estimate of drug-likeness (QED) is 0.438. The lowest BCUT2D eigenvalue weighted by atomic mass is 10.3. The van der Waals surface area contributed by atoms with Crippen molar-refractivity contribution in [2.75, 3.05) is 10.7 Å². The molecule has 0 fully saturated rings. The van der Waals surface area contributed by atoms with Crippen molar-refractivity contribution in [2.24, 2.45) is 5.84 Å². The molecule has 1 aromatic carbocycles. The van der Waals surface area contributed by atoms with E-state index in [-0.39, 0.29) is 0 Å².